The largest absolute Gasteiger partial charge is 0.335 e. The summed E-state index contributed by atoms with van der Waals surface area (Å²) in [7, 11) is 1.73. The van der Waals surface area contributed by atoms with Crippen LogP contribution in [0, 0.1) is 5.92 Å². The number of benzene rings is 1. The zero-order valence-electron chi connectivity index (χ0n) is 16.6. The van der Waals surface area contributed by atoms with Crippen LogP contribution in [0.4, 0.5) is 5.69 Å². The Balaban J connectivity index is 1.34. The number of likely N-dealkylation sites (tertiary alicyclic amines) is 1. The molecular weight excluding hydrogens is 388 g/mol. The number of aryl methyl sites for hydroxylation is 1. The fourth-order valence-corrected chi connectivity index (χ4v) is 5.06. The molecule has 1 N–H and O–H groups in total. The number of thioether (sulfide) groups is 1. The lowest BCUT2D eigenvalue weighted by molar-refractivity contribution is -0.113. The molecule has 0 unspecified atom stereocenters. The molecule has 2 amide bonds. The Bertz CT molecular complexity index is 866. The number of rotatable bonds is 5. The van der Waals surface area contributed by atoms with Gasteiger partial charge in [0.25, 0.3) is 5.91 Å². The zero-order valence-corrected chi connectivity index (χ0v) is 17.4. The summed E-state index contributed by atoms with van der Waals surface area (Å²) in [5, 5.41) is 14.6. The number of hydrogen-bond acceptors (Lipinski definition) is 6. The van der Waals surface area contributed by atoms with Gasteiger partial charge in [0.15, 0.2) is 0 Å². The molecule has 9 heteroatoms. The number of nitrogens with zero attached hydrogens (tertiary/aromatic N) is 5. The van der Waals surface area contributed by atoms with Gasteiger partial charge < -0.3 is 10.2 Å². The second kappa shape index (κ2) is 8.94. The van der Waals surface area contributed by atoms with Crippen molar-refractivity contribution in [3.63, 3.8) is 0 Å². The Morgan fingerprint density at radius 2 is 1.90 bits per heavy atom. The minimum absolute atomic E-state index is 0.116. The average Bonchev–Trinajstić information content (AvgIpc) is 3.16. The van der Waals surface area contributed by atoms with Gasteiger partial charge in [-0.05, 0) is 66.3 Å². The van der Waals surface area contributed by atoms with Crippen molar-refractivity contribution in [2.75, 3.05) is 17.6 Å². The first-order valence-corrected chi connectivity index (χ1v) is 11.2. The fraction of sp³-hybridized carbons (Fsp3) is 0.550. The summed E-state index contributed by atoms with van der Waals surface area (Å²) in [5.41, 5.74) is 1.37. The Morgan fingerprint density at radius 3 is 2.66 bits per heavy atom. The summed E-state index contributed by atoms with van der Waals surface area (Å²) in [6.45, 7) is 0.854. The maximum absolute atomic E-state index is 13.1. The number of hydrogen-bond donors (Lipinski definition) is 1. The monoisotopic (exact) mass is 414 g/mol. The van der Waals surface area contributed by atoms with Gasteiger partial charge in [0.1, 0.15) is 0 Å². The molecule has 0 bridgehead atoms. The normalized spacial score (nSPS) is 21.5. The fourth-order valence-electron chi connectivity index (χ4n) is 4.41. The van der Waals surface area contributed by atoms with E-state index >= 15 is 0 Å². The van der Waals surface area contributed by atoms with E-state index in [1.54, 1.807) is 19.2 Å². The molecule has 29 heavy (non-hydrogen) atoms. The highest BCUT2D eigenvalue weighted by Gasteiger charge is 2.35. The highest BCUT2D eigenvalue weighted by Crippen LogP contribution is 2.36. The Kier molecular flexibility index (Phi) is 6.13. The van der Waals surface area contributed by atoms with Crippen molar-refractivity contribution in [3.05, 3.63) is 29.8 Å². The number of fused-ring (bicyclic) bond motifs is 1. The molecule has 2 heterocycles. The molecule has 1 aliphatic carbocycles. The van der Waals surface area contributed by atoms with Gasteiger partial charge in [-0.25, -0.2) is 4.68 Å². The van der Waals surface area contributed by atoms with Crippen molar-refractivity contribution in [1.29, 1.82) is 0 Å². The summed E-state index contributed by atoms with van der Waals surface area (Å²) in [6.07, 6.45) is 7.24. The molecule has 1 aromatic heterocycles. The molecule has 1 aliphatic heterocycles. The van der Waals surface area contributed by atoms with Crippen LogP contribution in [0.5, 0.6) is 0 Å². The topological polar surface area (TPSA) is 93.0 Å². The molecule has 2 fully saturated rings. The number of carbonyl (C=O) groups excluding carboxylic acids is 2. The number of tetrazole rings is 1. The maximum atomic E-state index is 13.1. The molecule has 2 atom stereocenters. The highest BCUT2D eigenvalue weighted by atomic mass is 32.2. The Morgan fingerprint density at radius 1 is 1.14 bits per heavy atom. The van der Waals surface area contributed by atoms with Crippen LogP contribution in [-0.2, 0) is 11.8 Å². The molecule has 0 spiro atoms. The van der Waals surface area contributed by atoms with Crippen molar-refractivity contribution in [3.8, 4) is 0 Å². The lowest BCUT2D eigenvalue weighted by Gasteiger charge is -2.44. The van der Waals surface area contributed by atoms with Gasteiger partial charge in [-0.3, -0.25) is 9.59 Å². The van der Waals surface area contributed by atoms with Crippen molar-refractivity contribution < 1.29 is 9.59 Å². The summed E-state index contributed by atoms with van der Waals surface area (Å²) >= 11 is 1.27. The van der Waals surface area contributed by atoms with E-state index in [1.807, 2.05) is 12.1 Å². The quantitative estimate of drug-likeness (QED) is 0.756. The first-order valence-electron chi connectivity index (χ1n) is 10.2. The summed E-state index contributed by atoms with van der Waals surface area (Å²) in [5.74, 6) is 0.857. The van der Waals surface area contributed by atoms with E-state index in [1.165, 1.54) is 42.1 Å². The van der Waals surface area contributed by atoms with E-state index in [0.717, 1.165) is 19.4 Å². The lowest BCUT2D eigenvalue weighted by atomic mass is 9.78. The van der Waals surface area contributed by atoms with Crippen LogP contribution in [0.2, 0.25) is 0 Å². The van der Waals surface area contributed by atoms with Crippen molar-refractivity contribution in [1.82, 2.24) is 25.1 Å². The predicted octanol–water partition coefficient (Wildman–Crippen LogP) is 2.74. The predicted molar refractivity (Wildman–Crippen MR) is 111 cm³/mol. The molecule has 2 aromatic rings. The molecule has 4 rings (SSSR count). The summed E-state index contributed by atoms with van der Waals surface area (Å²) in [4.78, 5) is 27.3. The number of aromatic nitrogens is 4. The Labute approximate surface area is 174 Å². The standard InChI is InChI=1S/C20H26N6O2S/c1-25-20(22-23-24-25)29-13-18(27)21-16-10-8-15(9-11-16)19(28)26-12-4-6-14-5-2-3-7-17(14)26/h8-11,14,17H,2-7,12-13H2,1H3,(H,21,27)/t14-,17+/m0/s1. The SMILES string of the molecule is Cn1nnnc1SCC(=O)Nc1ccc(C(=O)N2CCC[C@@H]3CCCC[C@H]32)cc1. The van der Waals surface area contributed by atoms with Crippen LogP contribution in [0.25, 0.3) is 0 Å². The molecule has 1 aromatic carbocycles. The van der Waals surface area contributed by atoms with Crippen LogP contribution in [0.1, 0.15) is 48.9 Å². The first-order chi connectivity index (χ1) is 14.1. The smallest absolute Gasteiger partial charge is 0.254 e. The minimum atomic E-state index is -0.141. The van der Waals surface area contributed by atoms with E-state index in [0.29, 0.717) is 28.4 Å². The number of piperidine rings is 1. The number of amides is 2. The third-order valence-electron chi connectivity index (χ3n) is 5.83. The van der Waals surface area contributed by atoms with Gasteiger partial charge in [0.2, 0.25) is 11.1 Å². The molecule has 2 aliphatic rings. The van der Waals surface area contributed by atoms with Crippen molar-refractivity contribution in [2.24, 2.45) is 13.0 Å². The van der Waals surface area contributed by atoms with Gasteiger partial charge in [-0.1, -0.05) is 24.6 Å². The highest BCUT2D eigenvalue weighted by molar-refractivity contribution is 7.99. The third kappa shape index (κ3) is 4.60. The first kappa shape index (κ1) is 19.9. The van der Waals surface area contributed by atoms with E-state index in [4.69, 9.17) is 0 Å². The van der Waals surface area contributed by atoms with Gasteiger partial charge in [-0.2, -0.15) is 0 Å². The molecular formula is C20H26N6O2S. The van der Waals surface area contributed by atoms with Crippen LogP contribution in [-0.4, -0.2) is 55.3 Å². The minimum Gasteiger partial charge on any atom is -0.335 e. The average molecular weight is 415 g/mol. The van der Waals surface area contributed by atoms with E-state index in [2.05, 4.69) is 25.7 Å². The zero-order chi connectivity index (χ0) is 20.2. The second-order valence-electron chi connectivity index (χ2n) is 7.75. The van der Waals surface area contributed by atoms with Crippen molar-refractivity contribution in [2.45, 2.75) is 49.7 Å². The second-order valence-corrected chi connectivity index (χ2v) is 8.69. The number of anilines is 1. The molecule has 8 nitrogen and oxygen atoms in total. The number of carbonyl (C=O) groups is 2. The lowest BCUT2D eigenvalue weighted by Crippen LogP contribution is -2.49. The van der Waals surface area contributed by atoms with E-state index in [-0.39, 0.29) is 17.6 Å². The molecule has 154 valence electrons. The van der Waals surface area contributed by atoms with Gasteiger partial charge >= 0.3 is 0 Å². The van der Waals surface area contributed by atoms with Gasteiger partial charge in [0.05, 0.1) is 5.75 Å². The third-order valence-corrected chi connectivity index (χ3v) is 6.84. The van der Waals surface area contributed by atoms with Crippen LogP contribution < -0.4 is 5.32 Å². The van der Waals surface area contributed by atoms with E-state index in [9.17, 15) is 9.59 Å². The summed E-state index contributed by atoms with van der Waals surface area (Å²) < 4.78 is 1.52. The number of nitrogens with one attached hydrogen (secondary N) is 1. The van der Waals surface area contributed by atoms with Crippen molar-refractivity contribution >= 4 is 29.3 Å². The van der Waals surface area contributed by atoms with Gasteiger partial charge in [-0.15, -0.1) is 5.10 Å². The van der Waals surface area contributed by atoms with Crippen LogP contribution in [0.15, 0.2) is 29.4 Å². The molecule has 0 radical (unpaired) electrons. The van der Waals surface area contributed by atoms with Gasteiger partial charge in [0, 0.05) is 30.9 Å². The maximum Gasteiger partial charge on any atom is 0.254 e. The van der Waals surface area contributed by atoms with Crippen LogP contribution in [0.3, 0.4) is 0 Å². The summed E-state index contributed by atoms with van der Waals surface area (Å²) in [6, 6.07) is 7.61. The molecule has 1 saturated carbocycles. The van der Waals surface area contributed by atoms with E-state index < -0.39 is 0 Å². The van der Waals surface area contributed by atoms with Crippen LogP contribution >= 0.6 is 11.8 Å². The Hall–Kier alpha value is -2.42. The molecule has 1 saturated heterocycles.